The van der Waals surface area contributed by atoms with Gasteiger partial charge in [-0.3, -0.25) is 4.79 Å². The Balaban J connectivity index is 0.00000280. The van der Waals surface area contributed by atoms with E-state index in [4.69, 9.17) is 16.3 Å². The van der Waals surface area contributed by atoms with Crippen molar-refractivity contribution < 1.29 is 9.53 Å². The second kappa shape index (κ2) is 8.73. The molecule has 2 aromatic rings. The van der Waals surface area contributed by atoms with E-state index in [-0.39, 0.29) is 23.7 Å². The molecule has 4 nitrogen and oxygen atoms in total. The van der Waals surface area contributed by atoms with Gasteiger partial charge >= 0.3 is 0 Å². The van der Waals surface area contributed by atoms with Crippen LogP contribution in [0.3, 0.4) is 0 Å². The number of likely N-dealkylation sites (N-methyl/N-ethyl adjacent to an activating group) is 1. The Morgan fingerprint density at radius 2 is 1.96 bits per heavy atom. The monoisotopic (exact) mass is 422 g/mol. The van der Waals surface area contributed by atoms with Gasteiger partial charge in [-0.2, -0.15) is 0 Å². The number of amides is 1. The number of nitrogens with one attached hydrogen (secondary N) is 1. The van der Waals surface area contributed by atoms with Crippen molar-refractivity contribution in [2.24, 2.45) is 0 Å². The molecule has 1 heterocycles. The molecule has 0 bridgehead atoms. The number of rotatable bonds is 3. The number of hydrogen-bond donors (Lipinski definition) is 1. The van der Waals surface area contributed by atoms with Crippen LogP contribution in [0.1, 0.15) is 47.8 Å². The van der Waals surface area contributed by atoms with E-state index in [1.54, 1.807) is 13.2 Å². The van der Waals surface area contributed by atoms with Gasteiger partial charge in [0.15, 0.2) is 0 Å². The average molecular weight is 423 g/mol. The lowest BCUT2D eigenvalue weighted by atomic mass is 9.86. The Hall–Kier alpha value is -1.75. The van der Waals surface area contributed by atoms with Gasteiger partial charge in [-0.15, -0.1) is 12.4 Å². The highest BCUT2D eigenvalue weighted by atomic mass is 35.5. The summed E-state index contributed by atoms with van der Waals surface area (Å²) < 4.78 is 5.50. The van der Waals surface area contributed by atoms with Crippen molar-refractivity contribution in [2.75, 3.05) is 26.0 Å². The predicted octanol–water partition coefficient (Wildman–Crippen LogP) is 5.31. The number of hydrogen-bond acceptors (Lipinski definition) is 3. The Morgan fingerprint density at radius 1 is 1.25 bits per heavy atom. The zero-order chi connectivity index (χ0) is 19.8. The zero-order valence-electron chi connectivity index (χ0n) is 17.1. The standard InChI is InChI=1S/C22H27ClN2O2.ClH/c1-22(2,3)17-12-20(27-5)16(11-18(17)23)21(26)24-19-8-6-7-14-13-25(4)10-9-15(14)19;/h6-8,11-12H,9-10,13H2,1-5H3,(H,24,26);1H. The summed E-state index contributed by atoms with van der Waals surface area (Å²) in [5, 5.41) is 3.64. The van der Waals surface area contributed by atoms with Gasteiger partial charge in [0, 0.05) is 23.8 Å². The summed E-state index contributed by atoms with van der Waals surface area (Å²) in [6.07, 6.45) is 0.920. The molecule has 0 aromatic heterocycles. The van der Waals surface area contributed by atoms with E-state index in [1.165, 1.54) is 11.1 Å². The summed E-state index contributed by atoms with van der Waals surface area (Å²) in [4.78, 5) is 15.3. The Morgan fingerprint density at radius 3 is 2.61 bits per heavy atom. The molecule has 1 amide bonds. The van der Waals surface area contributed by atoms with E-state index >= 15 is 0 Å². The summed E-state index contributed by atoms with van der Waals surface area (Å²) in [6, 6.07) is 9.64. The van der Waals surface area contributed by atoms with Crippen molar-refractivity contribution in [2.45, 2.75) is 39.2 Å². The van der Waals surface area contributed by atoms with Crippen molar-refractivity contribution in [1.29, 1.82) is 0 Å². The number of methoxy groups -OCH3 is 1. The first-order chi connectivity index (χ1) is 12.7. The van der Waals surface area contributed by atoms with Gasteiger partial charge < -0.3 is 15.0 Å². The number of anilines is 1. The highest BCUT2D eigenvalue weighted by Gasteiger charge is 2.24. The highest BCUT2D eigenvalue weighted by molar-refractivity contribution is 6.32. The summed E-state index contributed by atoms with van der Waals surface area (Å²) in [6.45, 7) is 8.13. The number of benzene rings is 2. The predicted molar refractivity (Wildman–Crippen MR) is 118 cm³/mol. The van der Waals surface area contributed by atoms with Crippen molar-refractivity contribution in [3.8, 4) is 5.75 Å². The number of ether oxygens (including phenoxy) is 1. The Bertz CT molecular complexity index is 876. The lowest BCUT2D eigenvalue weighted by molar-refractivity contribution is 0.102. The quantitative estimate of drug-likeness (QED) is 0.728. The molecule has 3 rings (SSSR count). The van der Waals surface area contributed by atoms with Crippen LogP contribution in [-0.4, -0.2) is 31.5 Å². The molecule has 2 aromatic carbocycles. The molecule has 6 heteroatoms. The van der Waals surface area contributed by atoms with Crippen LogP contribution in [-0.2, 0) is 18.4 Å². The Kier molecular flexibility index (Phi) is 7.02. The van der Waals surface area contributed by atoms with Gasteiger partial charge in [0.1, 0.15) is 5.75 Å². The third-order valence-electron chi connectivity index (χ3n) is 5.05. The Labute approximate surface area is 178 Å². The summed E-state index contributed by atoms with van der Waals surface area (Å²) in [7, 11) is 3.69. The summed E-state index contributed by atoms with van der Waals surface area (Å²) in [5.41, 5.74) is 4.60. The molecular weight excluding hydrogens is 395 g/mol. The van der Waals surface area contributed by atoms with E-state index in [9.17, 15) is 4.79 Å². The van der Waals surface area contributed by atoms with Crippen LogP contribution < -0.4 is 10.1 Å². The minimum Gasteiger partial charge on any atom is -0.496 e. The lowest BCUT2D eigenvalue weighted by Crippen LogP contribution is -2.27. The molecule has 0 saturated heterocycles. The lowest BCUT2D eigenvalue weighted by Gasteiger charge is -2.27. The minimum absolute atomic E-state index is 0. The molecular formula is C22H28Cl2N2O2. The molecule has 0 saturated carbocycles. The zero-order valence-corrected chi connectivity index (χ0v) is 18.6. The molecule has 0 spiro atoms. The molecule has 1 N–H and O–H groups in total. The molecule has 0 unspecified atom stereocenters. The number of nitrogens with zero attached hydrogens (tertiary/aromatic N) is 1. The fraction of sp³-hybridized carbons (Fsp3) is 0.409. The molecule has 28 heavy (non-hydrogen) atoms. The average Bonchev–Trinajstić information content (AvgIpc) is 2.60. The van der Waals surface area contributed by atoms with Crippen LogP contribution in [0.2, 0.25) is 5.02 Å². The summed E-state index contributed by atoms with van der Waals surface area (Å²) >= 11 is 6.48. The van der Waals surface area contributed by atoms with Gasteiger partial charge in [0.2, 0.25) is 0 Å². The van der Waals surface area contributed by atoms with E-state index in [0.29, 0.717) is 16.3 Å². The minimum atomic E-state index is -0.207. The van der Waals surface area contributed by atoms with Crippen molar-refractivity contribution >= 4 is 35.6 Å². The largest absolute Gasteiger partial charge is 0.496 e. The normalized spacial score (nSPS) is 14.1. The van der Waals surface area contributed by atoms with Crippen LogP contribution in [0.15, 0.2) is 30.3 Å². The van der Waals surface area contributed by atoms with Gasteiger partial charge in [0.05, 0.1) is 12.7 Å². The SMILES string of the molecule is COc1cc(C(C)(C)C)c(Cl)cc1C(=O)Nc1cccc2c1CCN(C)C2.Cl. The smallest absolute Gasteiger partial charge is 0.259 e. The van der Waals surface area contributed by atoms with Crippen molar-refractivity contribution in [3.63, 3.8) is 0 Å². The maximum atomic E-state index is 13.0. The second-order valence-electron chi connectivity index (χ2n) is 8.17. The number of carbonyl (C=O) groups excluding carboxylic acids is 1. The second-order valence-corrected chi connectivity index (χ2v) is 8.57. The van der Waals surface area contributed by atoms with Crippen LogP contribution in [0.4, 0.5) is 5.69 Å². The molecule has 0 atom stereocenters. The maximum Gasteiger partial charge on any atom is 0.259 e. The molecule has 0 aliphatic carbocycles. The first-order valence-corrected chi connectivity index (χ1v) is 9.57. The van der Waals surface area contributed by atoms with E-state index in [1.807, 2.05) is 18.2 Å². The molecule has 1 aliphatic heterocycles. The van der Waals surface area contributed by atoms with Crippen LogP contribution in [0, 0.1) is 0 Å². The van der Waals surface area contributed by atoms with Crippen LogP contribution in [0.25, 0.3) is 0 Å². The van der Waals surface area contributed by atoms with E-state index in [0.717, 1.165) is 30.8 Å². The fourth-order valence-corrected chi connectivity index (χ4v) is 3.98. The molecule has 0 radical (unpaired) electrons. The first-order valence-electron chi connectivity index (χ1n) is 9.19. The molecule has 0 fully saturated rings. The van der Waals surface area contributed by atoms with Crippen molar-refractivity contribution in [1.82, 2.24) is 4.90 Å². The molecule has 152 valence electrons. The third-order valence-corrected chi connectivity index (χ3v) is 5.36. The van der Waals surface area contributed by atoms with Crippen molar-refractivity contribution in [3.05, 3.63) is 57.6 Å². The fourth-order valence-electron chi connectivity index (χ4n) is 3.53. The van der Waals surface area contributed by atoms with Gasteiger partial charge in [-0.05, 0) is 53.8 Å². The highest BCUT2D eigenvalue weighted by Crippen LogP contribution is 2.35. The van der Waals surface area contributed by atoms with E-state index < -0.39 is 0 Å². The maximum absolute atomic E-state index is 13.0. The third kappa shape index (κ3) is 4.62. The van der Waals surface area contributed by atoms with Gasteiger partial charge in [-0.25, -0.2) is 0 Å². The van der Waals surface area contributed by atoms with Crippen LogP contribution in [0.5, 0.6) is 5.75 Å². The first kappa shape index (κ1) is 22.5. The number of fused-ring (bicyclic) bond motifs is 1. The summed E-state index contributed by atoms with van der Waals surface area (Å²) in [5.74, 6) is 0.327. The number of carbonyl (C=O) groups is 1. The van der Waals surface area contributed by atoms with E-state index in [2.05, 4.69) is 44.1 Å². The van der Waals surface area contributed by atoms with Gasteiger partial charge in [0.25, 0.3) is 5.91 Å². The topological polar surface area (TPSA) is 41.6 Å². The number of halogens is 2. The van der Waals surface area contributed by atoms with Crippen LogP contribution >= 0.6 is 24.0 Å². The van der Waals surface area contributed by atoms with Gasteiger partial charge in [-0.1, -0.05) is 44.5 Å². The molecule has 1 aliphatic rings.